The number of unbranched alkanes of at least 4 members (excludes halogenated alkanes) is 2. The molecule has 2 aromatic carbocycles. The minimum atomic E-state index is -0.223. The molecule has 3 nitrogen and oxygen atoms in total. The third-order valence-electron chi connectivity index (χ3n) is 6.11. The average molecular weight is 432 g/mol. The molecule has 1 N–H and O–H groups in total. The average Bonchev–Trinajstić information content (AvgIpc) is 2.93. The number of fused-ring (bicyclic) bond motifs is 1. The van der Waals surface area contributed by atoms with Crippen molar-refractivity contribution >= 4 is 23.1 Å². The number of aliphatic hydroxyl groups excluding tert-OH is 1. The van der Waals surface area contributed by atoms with Crippen molar-refractivity contribution in [2.45, 2.75) is 63.9 Å². The van der Waals surface area contributed by atoms with Gasteiger partial charge in [0, 0.05) is 34.5 Å². The van der Waals surface area contributed by atoms with E-state index in [4.69, 9.17) is 4.74 Å². The molecular formula is C25H34FNO2S. The third-order valence-corrected chi connectivity index (χ3v) is 7.50. The van der Waals surface area contributed by atoms with Gasteiger partial charge in [0.05, 0.1) is 19.4 Å². The standard InChI is InChI=1S/C25H34FNO2S/c1-4-6-12-25(13-7-5-2)17-27(21-10-8-20(26)9-11-21)22-15-23(29-3)19(16-28)14-24(22)30-18-25/h8-11,14-15,28H,4-7,12-13,16-18H2,1-3H3. The van der Waals surface area contributed by atoms with Gasteiger partial charge in [0.25, 0.3) is 0 Å². The minimum absolute atomic E-state index is 0.0512. The van der Waals surface area contributed by atoms with Gasteiger partial charge in [-0.05, 0) is 48.6 Å². The second kappa shape index (κ2) is 10.5. The molecule has 0 spiro atoms. The molecule has 0 atom stereocenters. The highest BCUT2D eigenvalue weighted by molar-refractivity contribution is 7.99. The predicted molar refractivity (Wildman–Crippen MR) is 125 cm³/mol. The molecule has 164 valence electrons. The quantitative estimate of drug-likeness (QED) is 0.466. The Kier molecular flexibility index (Phi) is 8.06. The Bertz CT molecular complexity index is 817. The van der Waals surface area contributed by atoms with E-state index in [-0.39, 0.29) is 17.8 Å². The van der Waals surface area contributed by atoms with E-state index < -0.39 is 0 Å². The number of rotatable bonds is 9. The van der Waals surface area contributed by atoms with Crippen molar-refractivity contribution in [1.82, 2.24) is 0 Å². The van der Waals surface area contributed by atoms with Gasteiger partial charge in [-0.3, -0.25) is 0 Å². The van der Waals surface area contributed by atoms with Gasteiger partial charge < -0.3 is 14.7 Å². The monoisotopic (exact) mass is 431 g/mol. The van der Waals surface area contributed by atoms with Crippen molar-refractivity contribution in [3.63, 3.8) is 0 Å². The summed E-state index contributed by atoms with van der Waals surface area (Å²) < 4.78 is 19.2. The number of nitrogens with zero attached hydrogens (tertiary/aromatic N) is 1. The number of thioether (sulfide) groups is 1. The summed E-state index contributed by atoms with van der Waals surface area (Å²) >= 11 is 1.89. The van der Waals surface area contributed by atoms with Crippen LogP contribution in [0.2, 0.25) is 0 Å². The van der Waals surface area contributed by atoms with E-state index >= 15 is 0 Å². The first-order valence-electron chi connectivity index (χ1n) is 11.0. The van der Waals surface area contributed by atoms with E-state index in [1.54, 1.807) is 7.11 Å². The maximum absolute atomic E-state index is 13.7. The molecule has 0 saturated heterocycles. The molecule has 2 aromatic rings. The van der Waals surface area contributed by atoms with E-state index in [9.17, 15) is 9.50 Å². The zero-order valence-corrected chi connectivity index (χ0v) is 19.2. The van der Waals surface area contributed by atoms with Crippen LogP contribution >= 0.6 is 11.8 Å². The van der Waals surface area contributed by atoms with Crippen molar-refractivity contribution in [2.75, 3.05) is 24.3 Å². The van der Waals surface area contributed by atoms with Crippen molar-refractivity contribution in [3.8, 4) is 5.75 Å². The van der Waals surface area contributed by atoms with Crippen LogP contribution in [0.1, 0.15) is 57.9 Å². The lowest BCUT2D eigenvalue weighted by Crippen LogP contribution is -2.36. The lowest BCUT2D eigenvalue weighted by Gasteiger charge is -2.37. The molecule has 0 bridgehead atoms. The zero-order valence-electron chi connectivity index (χ0n) is 18.4. The molecule has 0 saturated carbocycles. The summed E-state index contributed by atoms with van der Waals surface area (Å²) in [5, 5.41) is 9.83. The molecule has 0 aliphatic carbocycles. The molecule has 0 fully saturated rings. The van der Waals surface area contributed by atoms with E-state index in [0.29, 0.717) is 5.75 Å². The highest BCUT2D eigenvalue weighted by Gasteiger charge is 2.36. The van der Waals surface area contributed by atoms with Crippen molar-refractivity contribution in [1.29, 1.82) is 0 Å². The number of aliphatic hydroxyl groups is 1. The summed E-state index contributed by atoms with van der Waals surface area (Å²) in [5.41, 5.74) is 3.07. The van der Waals surface area contributed by atoms with Gasteiger partial charge in [0.1, 0.15) is 11.6 Å². The van der Waals surface area contributed by atoms with Gasteiger partial charge in [0.2, 0.25) is 0 Å². The molecule has 0 radical (unpaired) electrons. The van der Waals surface area contributed by atoms with Crippen LogP contribution in [0, 0.1) is 11.2 Å². The molecule has 1 heterocycles. The highest BCUT2D eigenvalue weighted by Crippen LogP contribution is 2.49. The SMILES string of the molecule is CCCCC1(CCCC)CSc2cc(CO)c(OC)cc2N(c2ccc(F)cc2)C1. The maximum atomic E-state index is 13.7. The highest BCUT2D eigenvalue weighted by atomic mass is 32.2. The fraction of sp³-hybridized carbons (Fsp3) is 0.520. The molecule has 3 rings (SSSR count). The Morgan fingerprint density at radius 1 is 1.10 bits per heavy atom. The number of ether oxygens (including phenoxy) is 1. The summed E-state index contributed by atoms with van der Waals surface area (Å²) in [6.07, 6.45) is 7.17. The fourth-order valence-corrected chi connectivity index (χ4v) is 5.70. The van der Waals surface area contributed by atoms with Gasteiger partial charge >= 0.3 is 0 Å². The number of methoxy groups -OCH3 is 1. The number of benzene rings is 2. The van der Waals surface area contributed by atoms with Crippen LogP contribution in [0.5, 0.6) is 5.75 Å². The summed E-state index contributed by atoms with van der Waals surface area (Å²) in [4.78, 5) is 3.49. The van der Waals surface area contributed by atoms with Crippen LogP contribution in [0.15, 0.2) is 41.3 Å². The first-order chi connectivity index (χ1) is 14.6. The Morgan fingerprint density at radius 2 is 1.77 bits per heavy atom. The van der Waals surface area contributed by atoms with Crippen LogP contribution < -0.4 is 9.64 Å². The van der Waals surface area contributed by atoms with Gasteiger partial charge in [-0.2, -0.15) is 0 Å². The molecular weight excluding hydrogens is 397 g/mol. The maximum Gasteiger partial charge on any atom is 0.126 e. The van der Waals surface area contributed by atoms with Crippen LogP contribution in [-0.4, -0.2) is 24.5 Å². The van der Waals surface area contributed by atoms with E-state index in [0.717, 1.165) is 34.1 Å². The summed E-state index contributed by atoms with van der Waals surface area (Å²) in [7, 11) is 1.64. The molecule has 1 aliphatic heterocycles. The molecule has 0 aromatic heterocycles. The number of halogens is 1. The number of hydrogen-bond donors (Lipinski definition) is 1. The minimum Gasteiger partial charge on any atom is -0.496 e. The summed E-state index contributed by atoms with van der Waals surface area (Å²) in [6.45, 7) is 5.36. The van der Waals surface area contributed by atoms with Gasteiger partial charge in [-0.15, -0.1) is 11.8 Å². The van der Waals surface area contributed by atoms with E-state index in [1.807, 2.05) is 30.0 Å². The Labute approximate surface area is 184 Å². The normalized spacial score (nSPS) is 15.6. The number of hydrogen-bond acceptors (Lipinski definition) is 4. The fourth-order valence-electron chi connectivity index (χ4n) is 4.31. The van der Waals surface area contributed by atoms with Crippen molar-refractivity contribution < 1.29 is 14.2 Å². The molecule has 0 unspecified atom stereocenters. The van der Waals surface area contributed by atoms with Crippen LogP contribution in [0.4, 0.5) is 15.8 Å². The van der Waals surface area contributed by atoms with Gasteiger partial charge in [0.15, 0.2) is 0 Å². The summed E-state index contributed by atoms with van der Waals surface area (Å²) in [6, 6.07) is 10.9. The predicted octanol–water partition coefficient (Wildman–Crippen LogP) is 6.94. The van der Waals surface area contributed by atoms with Crippen molar-refractivity contribution in [3.05, 3.63) is 47.8 Å². The topological polar surface area (TPSA) is 32.7 Å². The second-order valence-corrected chi connectivity index (χ2v) is 9.37. The first kappa shape index (κ1) is 23.0. The third kappa shape index (κ3) is 5.12. The van der Waals surface area contributed by atoms with Crippen molar-refractivity contribution in [2.24, 2.45) is 5.41 Å². The molecule has 5 heteroatoms. The Hall–Kier alpha value is -1.72. The van der Waals surface area contributed by atoms with Crippen LogP contribution in [0.3, 0.4) is 0 Å². The molecule has 30 heavy (non-hydrogen) atoms. The van der Waals surface area contributed by atoms with E-state index in [2.05, 4.69) is 24.8 Å². The Morgan fingerprint density at radius 3 is 2.33 bits per heavy atom. The van der Waals surface area contributed by atoms with Gasteiger partial charge in [-0.25, -0.2) is 4.39 Å². The zero-order chi connectivity index (χ0) is 21.6. The lowest BCUT2D eigenvalue weighted by molar-refractivity contribution is 0.272. The lowest BCUT2D eigenvalue weighted by atomic mass is 9.79. The molecule has 1 aliphatic rings. The summed E-state index contributed by atoms with van der Waals surface area (Å²) in [5.74, 6) is 1.52. The largest absolute Gasteiger partial charge is 0.496 e. The van der Waals surface area contributed by atoms with E-state index in [1.165, 1.54) is 50.7 Å². The molecule has 0 amide bonds. The first-order valence-corrected chi connectivity index (χ1v) is 12.0. The smallest absolute Gasteiger partial charge is 0.126 e. The van der Waals surface area contributed by atoms with Crippen LogP contribution in [-0.2, 0) is 6.61 Å². The Balaban J connectivity index is 2.10. The van der Waals surface area contributed by atoms with Crippen LogP contribution in [0.25, 0.3) is 0 Å². The van der Waals surface area contributed by atoms with Gasteiger partial charge in [-0.1, -0.05) is 39.5 Å². The number of anilines is 2. The second-order valence-electron chi connectivity index (χ2n) is 8.35.